The Kier molecular flexibility index (Phi) is 2.71. The van der Waals surface area contributed by atoms with E-state index in [1.165, 1.54) is 0 Å². The van der Waals surface area contributed by atoms with Crippen LogP contribution in [0.4, 0.5) is 5.82 Å². The van der Waals surface area contributed by atoms with E-state index in [2.05, 4.69) is 43.7 Å². The fourth-order valence-corrected chi connectivity index (χ4v) is 2.37. The van der Waals surface area contributed by atoms with Crippen molar-refractivity contribution in [2.45, 2.75) is 6.54 Å². The molecule has 6 heteroatoms. The molecule has 1 aromatic carbocycles. The molecule has 0 fully saturated rings. The summed E-state index contributed by atoms with van der Waals surface area (Å²) in [5.74, 6) is 0.711. The molecule has 0 aliphatic rings. The van der Waals surface area contributed by atoms with Crippen LogP contribution < -0.4 is 5.32 Å². The predicted octanol–water partition coefficient (Wildman–Crippen LogP) is 2.28. The highest BCUT2D eigenvalue weighted by molar-refractivity contribution is 5.81. The molecule has 1 N–H and O–H groups in total. The molecular weight excluding hydrogens is 264 g/mol. The predicted molar refractivity (Wildman–Crippen MR) is 79.9 cm³/mol. The van der Waals surface area contributed by atoms with Crippen LogP contribution in [0.25, 0.3) is 16.6 Å². The molecule has 0 amide bonds. The molecule has 0 saturated carbocycles. The molecule has 6 nitrogen and oxygen atoms in total. The van der Waals surface area contributed by atoms with Gasteiger partial charge in [0, 0.05) is 30.5 Å². The zero-order chi connectivity index (χ0) is 14.1. The van der Waals surface area contributed by atoms with Crippen molar-refractivity contribution in [3.8, 4) is 0 Å². The second-order valence-corrected chi connectivity index (χ2v) is 4.68. The zero-order valence-corrected chi connectivity index (χ0v) is 11.1. The van der Waals surface area contributed by atoms with Gasteiger partial charge >= 0.3 is 0 Å². The van der Waals surface area contributed by atoms with E-state index < -0.39 is 0 Å². The Labute approximate surface area is 120 Å². The van der Waals surface area contributed by atoms with Crippen LogP contribution in [0.2, 0.25) is 0 Å². The second kappa shape index (κ2) is 4.82. The summed E-state index contributed by atoms with van der Waals surface area (Å²) in [6.45, 7) is 0.633. The first-order valence-corrected chi connectivity index (χ1v) is 6.63. The van der Waals surface area contributed by atoms with Crippen LogP contribution in [0.15, 0.2) is 55.2 Å². The van der Waals surface area contributed by atoms with Gasteiger partial charge < -0.3 is 5.32 Å². The Morgan fingerprint density at radius 1 is 1.05 bits per heavy atom. The van der Waals surface area contributed by atoms with Crippen LogP contribution in [0.1, 0.15) is 5.56 Å². The van der Waals surface area contributed by atoms with Gasteiger partial charge in [-0.3, -0.25) is 9.38 Å². The fourth-order valence-electron chi connectivity index (χ4n) is 2.37. The second-order valence-electron chi connectivity index (χ2n) is 4.68. The molecule has 4 aromatic rings. The monoisotopic (exact) mass is 276 g/mol. The number of rotatable bonds is 3. The molecule has 4 rings (SSSR count). The van der Waals surface area contributed by atoms with Crippen LogP contribution in [0.5, 0.6) is 0 Å². The number of benzene rings is 1. The lowest BCUT2D eigenvalue weighted by Gasteiger charge is -2.08. The molecule has 0 saturated heterocycles. The number of fused-ring (bicyclic) bond motifs is 2. The van der Waals surface area contributed by atoms with Crippen LogP contribution in [0, 0.1) is 0 Å². The van der Waals surface area contributed by atoms with Crippen molar-refractivity contribution in [1.29, 1.82) is 0 Å². The van der Waals surface area contributed by atoms with Gasteiger partial charge in [0.25, 0.3) is 0 Å². The smallest absolute Gasteiger partial charge is 0.203 e. The number of hydrogen-bond acceptors (Lipinski definition) is 5. The number of anilines is 1. The summed E-state index contributed by atoms with van der Waals surface area (Å²) in [6, 6.07) is 10.2. The first-order chi connectivity index (χ1) is 10.4. The highest BCUT2D eigenvalue weighted by atomic mass is 15.2. The molecule has 0 aliphatic carbocycles. The van der Waals surface area contributed by atoms with Crippen molar-refractivity contribution in [2.24, 2.45) is 0 Å². The Balaban J connectivity index is 1.68. The Bertz CT molecular complexity index is 909. The van der Waals surface area contributed by atoms with E-state index in [-0.39, 0.29) is 0 Å². The van der Waals surface area contributed by atoms with Gasteiger partial charge in [0.15, 0.2) is 5.82 Å². The molecule has 0 spiro atoms. The number of nitrogens with one attached hydrogen (secondary N) is 1. The number of hydrogen-bond donors (Lipinski definition) is 1. The zero-order valence-electron chi connectivity index (χ0n) is 11.1. The van der Waals surface area contributed by atoms with Crippen molar-refractivity contribution in [2.75, 3.05) is 5.32 Å². The Hall–Kier alpha value is -3.02. The number of pyridine rings is 1. The molecule has 0 radical (unpaired) electrons. The third-order valence-corrected chi connectivity index (χ3v) is 3.38. The van der Waals surface area contributed by atoms with E-state index >= 15 is 0 Å². The normalized spacial score (nSPS) is 11.0. The standard InChI is InChI=1S/C15H12N6/c1-3-11-5-2-6-16-13(11)12(4-1)9-18-14-15-20-19-10-21(15)8-7-17-14/h1-8,10H,9H2,(H,17,18). The Morgan fingerprint density at radius 2 is 2.00 bits per heavy atom. The van der Waals surface area contributed by atoms with Crippen molar-refractivity contribution in [3.05, 3.63) is 60.8 Å². The molecular formula is C15H12N6. The van der Waals surface area contributed by atoms with Gasteiger partial charge in [0.1, 0.15) is 6.33 Å². The van der Waals surface area contributed by atoms with Crippen LogP contribution in [0.3, 0.4) is 0 Å². The summed E-state index contributed by atoms with van der Waals surface area (Å²) in [5.41, 5.74) is 2.84. The van der Waals surface area contributed by atoms with Gasteiger partial charge in [-0.05, 0) is 11.6 Å². The highest BCUT2D eigenvalue weighted by Gasteiger charge is 2.06. The summed E-state index contributed by atoms with van der Waals surface area (Å²) in [6.07, 6.45) is 7.00. The topological polar surface area (TPSA) is 68.0 Å². The summed E-state index contributed by atoms with van der Waals surface area (Å²) >= 11 is 0. The summed E-state index contributed by atoms with van der Waals surface area (Å²) in [7, 11) is 0. The summed E-state index contributed by atoms with van der Waals surface area (Å²) < 4.78 is 1.83. The van der Waals surface area contributed by atoms with Gasteiger partial charge in [-0.1, -0.05) is 24.3 Å². The third kappa shape index (κ3) is 2.06. The largest absolute Gasteiger partial charge is 0.363 e. The maximum absolute atomic E-state index is 4.45. The van der Waals surface area contributed by atoms with Crippen LogP contribution in [-0.2, 0) is 6.54 Å². The highest BCUT2D eigenvalue weighted by Crippen LogP contribution is 2.18. The van der Waals surface area contributed by atoms with E-state index in [9.17, 15) is 0 Å². The average Bonchev–Trinajstić information content (AvgIpc) is 3.02. The van der Waals surface area contributed by atoms with Crippen molar-refractivity contribution in [3.63, 3.8) is 0 Å². The third-order valence-electron chi connectivity index (χ3n) is 3.38. The van der Waals surface area contributed by atoms with E-state index in [1.54, 1.807) is 12.5 Å². The van der Waals surface area contributed by atoms with E-state index in [0.29, 0.717) is 18.0 Å². The van der Waals surface area contributed by atoms with Gasteiger partial charge in [-0.2, -0.15) is 0 Å². The van der Waals surface area contributed by atoms with Crippen molar-refractivity contribution in [1.82, 2.24) is 24.6 Å². The lowest BCUT2D eigenvalue weighted by Crippen LogP contribution is -2.04. The van der Waals surface area contributed by atoms with E-state index in [1.807, 2.05) is 28.9 Å². The van der Waals surface area contributed by atoms with Gasteiger partial charge in [0.05, 0.1) is 5.52 Å². The van der Waals surface area contributed by atoms with Crippen LogP contribution in [-0.4, -0.2) is 24.6 Å². The maximum atomic E-state index is 4.45. The molecule has 3 heterocycles. The van der Waals surface area contributed by atoms with E-state index in [0.717, 1.165) is 16.5 Å². The molecule has 0 bridgehead atoms. The first kappa shape index (κ1) is 11.8. The molecule has 0 unspecified atom stereocenters. The quantitative estimate of drug-likeness (QED) is 0.621. The average molecular weight is 276 g/mol. The summed E-state index contributed by atoms with van der Waals surface area (Å²) in [4.78, 5) is 8.77. The molecule has 0 aliphatic heterocycles. The molecule has 102 valence electrons. The van der Waals surface area contributed by atoms with Crippen molar-refractivity contribution >= 4 is 22.4 Å². The van der Waals surface area contributed by atoms with Gasteiger partial charge in [-0.25, -0.2) is 4.98 Å². The maximum Gasteiger partial charge on any atom is 0.203 e. The Morgan fingerprint density at radius 3 is 3.00 bits per heavy atom. The lowest BCUT2D eigenvalue weighted by atomic mass is 10.1. The summed E-state index contributed by atoms with van der Waals surface area (Å²) in [5, 5.41) is 12.4. The minimum Gasteiger partial charge on any atom is -0.363 e. The van der Waals surface area contributed by atoms with E-state index in [4.69, 9.17) is 0 Å². The SMILES string of the molecule is c1cnc2c(CNc3nccn4cnnc34)cccc2c1. The molecule has 21 heavy (non-hydrogen) atoms. The minimum atomic E-state index is 0.633. The number of nitrogens with zero attached hydrogens (tertiary/aromatic N) is 5. The minimum absolute atomic E-state index is 0.633. The molecule has 0 atom stereocenters. The number of para-hydroxylation sites is 1. The fraction of sp³-hybridized carbons (Fsp3) is 0.0667. The van der Waals surface area contributed by atoms with Crippen molar-refractivity contribution < 1.29 is 0 Å². The van der Waals surface area contributed by atoms with Gasteiger partial charge in [-0.15, -0.1) is 10.2 Å². The molecule has 3 aromatic heterocycles. The van der Waals surface area contributed by atoms with Gasteiger partial charge in [0.2, 0.25) is 5.65 Å². The first-order valence-electron chi connectivity index (χ1n) is 6.63. The lowest BCUT2D eigenvalue weighted by molar-refractivity contribution is 1.07. The van der Waals surface area contributed by atoms with Crippen LogP contribution >= 0.6 is 0 Å². The number of aromatic nitrogens is 5.